The monoisotopic (exact) mass is 600 g/mol. The van der Waals surface area contributed by atoms with E-state index < -0.39 is 0 Å². The third-order valence-electron chi connectivity index (χ3n) is 3.19. The molecule has 0 amide bonds. The van der Waals surface area contributed by atoms with Gasteiger partial charge in [0.15, 0.2) is 0 Å². The van der Waals surface area contributed by atoms with E-state index in [0.717, 1.165) is 0 Å². The SMILES string of the molecule is CC1=[C-]C2SC=C(Br)C2=C1.CC1=[C-]C2SC=C(Br)C2=C1.[CH2]=[Zr+2].[Cl-].[Cl-]. The second kappa shape index (κ2) is 12.0. The standard InChI is InChI=1S/2C8H6BrS.CH2.2ClH.Zr/c2*1-5-2-6-7(9)4-10-8(6)3-5;;;;/h2*2,4,8H,1H3;1H2;2*1H;/q2*-1;;;;+2/p-2. The molecule has 0 nitrogen and oxygen atoms in total. The molecule has 2 atom stereocenters. The summed E-state index contributed by atoms with van der Waals surface area (Å²) in [6.45, 7) is 4.18. The van der Waals surface area contributed by atoms with E-state index >= 15 is 0 Å². The molecule has 0 saturated heterocycles. The molecule has 0 radical (unpaired) electrons. The zero-order chi connectivity index (χ0) is 16.3. The summed E-state index contributed by atoms with van der Waals surface area (Å²) in [6, 6.07) is 0. The second-order valence-electron chi connectivity index (χ2n) is 4.82. The van der Waals surface area contributed by atoms with E-state index in [1.807, 2.05) is 23.5 Å². The molecular weight excluding hydrogens is 590 g/mol. The molecule has 24 heavy (non-hydrogen) atoms. The Labute approximate surface area is 197 Å². The van der Waals surface area contributed by atoms with Crippen molar-refractivity contribution in [2.75, 3.05) is 0 Å². The van der Waals surface area contributed by atoms with Crippen molar-refractivity contribution >= 4 is 59.6 Å². The number of allylic oxidation sites excluding steroid dienone is 6. The van der Waals surface area contributed by atoms with Crippen molar-refractivity contribution in [2.24, 2.45) is 0 Å². The van der Waals surface area contributed by atoms with Crippen LogP contribution in [0.3, 0.4) is 0 Å². The second-order valence-corrected chi connectivity index (χ2v) is 8.49. The van der Waals surface area contributed by atoms with Crippen LogP contribution < -0.4 is 24.8 Å². The van der Waals surface area contributed by atoms with Gasteiger partial charge >= 0.3 is 28.4 Å². The first kappa shape index (κ1) is 25.4. The zero-order valence-electron chi connectivity index (χ0n) is 13.0. The van der Waals surface area contributed by atoms with Gasteiger partial charge in [0.05, 0.1) is 0 Å². The molecule has 0 aromatic carbocycles. The van der Waals surface area contributed by atoms with Gasteiger partial charge < -0.3 is 24.8 Å². The molecule has 0 N–H and O–H groups in total. The smallest absolute Gasteiger partial charge is 1.00 e. The molecule has 2 aliphatic carbocycles. The minimum atomic E-state index is 0. The molecule has 4 rings (SSSR count). The van der Waals surface area contributed by atoms with Crippen molar-refractivity contribution < 1.29 is 49.0 Å². The molecule has 128 valence electrons. The largest absolute Gasteiger partial charge is 1.00 e. The number of halogens is 4. The van der Waals surface area contributed by atoms with E-state index in [1.54, 1.807) is 0 Å². The number of fused-ring (bicyclic) bond motifs is 2. The van der Waals surface area contributed by atoms with E-state index in [2.05, 4.69) is 85.0 Å². The number of rotatable bonds is 0. The Bertz CT molecular complexity index is 608. The maximum Gasteiger partial charge on any atom is -1.00 e. The maximum absolute atomic E-state index is 3.49. The fourth-order valence-electron chi connectivity index (χ4n) is 2.26. The van der Waals surface area contributed by atoms with Crippen LogP contribution in [0.15, 0.2) is 54.2 Å². The zero-order valence-corrected chi connectivity index (χ0v) is 21.8. The predicted molar refractivity (Wildman–Crippen MR) is 105 cm³/mol. The van der Waals surface area contributed by atoms with E-state index in [-0.39, 0.29) is 24.8 Å². The Morgan fingerprint density at radius 2 is 1.21 bits per heavy atom. The van der Waals surface area contributed by atoms with Gasteiger partial charge in [-0.3, -0.25) is 12.2 Å². The van der Waals surface area contributed by atoms with E-state index in [4.69, 9.17) is 0 Å². The Balaban J connectivity index is 0.000000372. The van der Waals surface area contributed by atoms with Crippen molar-refractivity contribution in [1.82, 2.24) is 0 Å². The van der Waals surface area contributed by atoms with Crippen LogP contribution in [-0.4, -0.2) is 14.7 Å². The quantitative estimate of drug-likeness (QED) is 0.359. The van der Waals surface area contributed by atoms with E-state index in [1.165, 1.54) is 55.5 Å². The van der Waals surface area contributed by atoms with Gasteiger partial charge in [-0.25, -0.2) is 23.3 Å². The van der Waals surface area contributed by atoms with E-state index in [9.17, 15) is 0 Å². The summed E-state index contributed by atoms with van der Waals surface area (Å²) in [5, 5.41) is 5.23. The fourth-order valence-corrected chi connectivity index (χ4v) is 5.88. The molecule has 2 unspecified atom stereocenters. The van der Waals surface area contributed by atoms with Gasteiger partial charge in [0.25, 0.3) is 0 Å². The first-order chi connectivity index (χ1) is 10.5. The Hall–Kier alpha value is 1.43. The minimum absolute atomic E-state index is 0. The molecular formula is C17H14Br2Cl2S2Zr-2. The summed E-state index contributed by atoms with van der Waals surface area (Å²) in [6.07, 6.45) is 11.1. The van der Waals surface area contributed by atoms with Gasteiger partial charge in [-0.2, -0.15) is 0 Å². The van der Waals surface area contributed by atoms with Gasteiger partial charge in [0, 0.05) is 8.96 Å². The third-order valence-corrected chi connectivity index (χ3v) is 7.20. The van der Waals surface area contributed by atoms with Gasteiger partial charge in [0.1, 0.15) is 0 Å². The van der Waals surface area contributed by atoms with Gasteiger partial charge in [-0.05, 0) is 21.3 Å². The van der Waals surface area contributed by atoms with Crippen molar-refractivity contribution in [3.05, 3.63) is 66.4 Å². The average molecular weight is 604 g/mol. The summed E-state index contributed by atoms with van der Waals surface area (Å²) < 4.78 is 5.80. The molecule has 4 aliphatic rings. The van der Waals surface area contributed by atoms with Crippen LogP contribution >= 0.6 is 55.4 Å². The molecule has 0 fully saturated rings. The molecule has 0 aromatic rings. The van der Waals surface area contributed by atoms with Gasteiger partial charge in [-0.1, -0.05) is 45.7 Å². The van der Waals surface area contributed by atoms with Crippen LogP contribution in [0, 0.1) is 12.2 Å². The van der Waals surface area contributed by atoms with Crippen molar-refractivity contribution in [2.45, 2.75) is 24.3 Å². The summed E-state index contributed by atoms with van der Waals surface area (Å²) in [4.78, 5) is 0. The van der Waals surface area contributed by atoms with Crippen LogP contribution in [0.5, 0.6) is 0 Å². The topological polar surface area (TPSA) is 0 Å². The molecule has 2 aliphatic heterocycles. The molecule has 2 heterocycles. The Morgan fingerprint density at radius 1 is 0.875 bits per heavy atom. The van der Waals surface area contributed by atoms with Crippen LogP contribution in [0.2, 0.25) is 0 Å². The van der Waals surface area contributed by atoms with Crippen molar-refractivity contribution in [3.63, 3.8) is 0 Å². The molecule has 7 heteroatoms. The minimum Gasteiger partial charge on any atom is -1.00 e. The van der Waals surface area contributed by atoms with Crippen molar-refractivity contribution in [1.29, 1.82) is 0 Å². The molecule has 0 saturated carbocycles. The fraction of sp³-hybridized carbons (Fsp3) is 0.235. The summed E-state index contributed by atoms with van der Waals surface area (Å²) in [5.74, 6) is 0. The summed E-state index contributed by atoms with van der Waals surface area (Å²) >= 11 is 11.9. The predicted octanol–water partition coefficient (Wildman–Crippen LogP) is 0.0284. The average Bonchev–Trinajstić information content (AvgIpc) is 3.21. The first-order valence-corrected chi connectivity index (χ1v) is 11.8. The summed E-state index contributed by atoms with van der Waals surface area (Å²) in [5.41, 5.74) is 5.28. The van der Waals surface area contributed by atoms with E-state index in [0.29, 0.717) is 10.5 Å². The van der Waals surface area contributed by atoms with Gasteiger partial charge in [-0.15, -0.1) is 34.7 Å². The summed E-state index contributed by atoms with van der Waals surface area (Å²) in [7, 11) is 0. The molecule has 0 spiro atoms. The number of hydrogen-bond acceptors (Lipinski definition) is 2. The Morgan fingerprint density at radius 3 is 1.50 bits per heavy atom. The maximum atomic E-state index is 3.49. The van der Waals surface area contributed by atoms with Crippen molar-refractivity contribution in [3.8, 4) is 0 Å². The van der Waals surface area contributed by atoms with Crippen LogP contribution in [-0.2, 0) is 24.2 Å². The van der Waals surface area contributed by atoms with Gasteiger partial charge in [0.2, 0.25) is 0 Å². The van der Waals surface area contributed by atoms with Crippen LogP contribution in [0.1, 0.15) is 13.8 Å². The number of thioether (sulfide) groups is 2. The number of hydrogen-bond donors (Lipinski definition) is 0. The van der Waals surface area contributed by atoms with Crippen LogP contribution in [0.25, 0.3) is 0 Å². The third kappa shape index (κ3) is 6.25. The molecule has 0 aromatic heterocycles. The first-order valence-electron chi connectivity index (χ1n) is 6.56. The van der Waals surface area contributed by atoms with Crippen LogP contribution in [0.4, 0.5) is 0 Å². The Kier molecular flexibility index (Phi) is 12.7. The normalized spacial score (nSPS) is 24.8. The molecule has 0 bridgehead atoms.